The van der Waals surface area contributed by atoms with Gasteiger partial charge < -0.3 is 39.0 Å². The molecule has 1 saturated heterocycles. The van der Waals surface area contributed by atoms with E-state index in [1.807, 2.05) is 78.9 Å². The van der Waals surface area contributed by atoms with Crippen molar-refractivity contribution in [2.45, 2.75) is 30.1 Å². The fourth-order valence-corrected chi connectivity index (χ4v) is 6.48. The van der Waals surface area contributed by atoms with Gasteiger partial charge in [0, 0.05) is 11.8 Å². The minimum atomic E-state index is -1.49. The summed E-state index contributed by atoms with van der Waals surface area (Å²) in [5, 5.41) is 25.2. The van der Waals surface area contributed by atoms with Gasteiger partial charge >= 0.3 is 0 Å². The molecule has 260 valence electrons. The molecule has 4 atom stereocenters. The summed E-state index contributed by atoms with van der Waals surface area (Å²) in [4.78, 5) is 21.2. The minimum absolute atomic E-state index is 0.0513. The van der Waals surface area contributed by atoms with Crippen LogP contribution in [0.3, 0.4) is 0 Å². The SMILES string of the molecule is COc1ccc(C(OC[C@H]2O[C@@H](n3cc(F)c4c(NC(=O)c5ccccc5)ncnc43)[C@H](O)[C@@H]2O)(c2ccccc2)c2ccc(OC)cc2)cc1. The second-order valence-electron chi connectivity index (χ2n) is 12.0. The van der Waals surface area contributed by atoms with Crippen molar-refractivity contribution in [2.24, 2.45) is 0 Å². The quantitative estimate of drug-likeness (QED) is 0.151. The van der Waals surface area contributed by atoms with E-state index in [9.17, 15) is 15.0 Å². The fraction of sp³-hybridized carbons (Fsp3) is 0.205. The molecular weight excluding hydrogens is 655 g/mol. The van der Waals surface area contributed by atoms with Crippen molar-refractivity contribution in [3.63, 3.8) is 0 Å². The van der Waals surface area contributed by atoms with Crippen LogP contribution in [-0.4, -0.2) is 69.8 Å². The summed E-state index contributed by atoms with van der Waals surface area (Å²) in [5.41, 5.74) is 1.54. The van der Waals surface area contributed by atoms with Crippen molar-refractivity contribution in [2.75, 3.05) is 26.1 Å². The van der Waals surface area contributed by atoms with E-state index in [-0.39, 0.29) is 23.5 Å². The highest BCUT2D eigenvalue weighted by Crippen LogP contribution is 2.43. The van der Waals surface area contributed by atoms with Crippen molar-refractivity contribution in [3.05, 3.63) is 150 Å². The highest BCUT2D eigenvalue weighted by atomic mass is 19.1. The molecule has 12 heteroatoms. The number of carbonyl (C=O) groups excluding carboxylic acids is 1. The van der Waals surface area contributed by atoms with Gasteiger partial charge in [0.15, 0.2) is 17.7 Å². The first-order valence-electron chi connectivity index (χ1n) is 16.2. The number of carbonyl (C=O) groups is 1. The number of nitrogens with one attached hydrogen (secondary N) is 1. The van der Waals surface area contributed by atoms with Crippen LogP contribution in [0.4, 0.5) is 10.2 Å². The Balaban J connectivity index is 1.22. The van der Waals surface area contributed by atoms with E-state index in [0.717, 1.165) is 22.9 Å². The topological polar surface area (TPSA) is 137 Å². The van der Waals surface area contributed by atoms with Crippen LogP contribution < -0.4 is 14.8 Å². The average molecular weight is 691 g/mol. The maximum absolute atomic E-state index is 15.6. The molecular formula is C39H35FN4O7. The van der Waals surface area contributed by atoms with Gasteiger partial charge in [0.05, 0.1) is 26.2 Å². The van der Waals surface area contributed by atoms with Crippen LogP contribution in [0.5, 0.6) is 11.5 Å². The fourth-order valence-electron chi connectivity index (χ4n) is 6.48. The number of rotatable bonds is 11. The number of halogens is 1. The number of ether oxygens (including phenoxy) is 4. The van der Waals surface area contributed by atoms with Crippen LogP contribution in [-0.2, 0) is 15.1 Å². The van der Waals surface area contributed by atoms with Gasteiger partial charge in [-0.05, 0) is 53.1 Å². The molecule has 0 bridgehead atoms. The Morgan fingerprint density at radius 1 is 0.824 bits per heavy atom. The lowest BCUT2D eigenvalue weighted by Gasteiger charge is -2.37. The Morgan fingerprint density at radius 2 is 1.39 bits per heavy atom. The van der Waals surface area contributed by atoms with E-state index >= 15 is 4.39 Å². The van der Waals surface area contributed by atoms with Gasteiger partial charge in [0.1, 0.15) is 47.6 Å². The normalized spacial score (nSPS) is 18.8. The number of hydrogen-bond acceptors (Lipinski definition) is 9. The molecule has 0 aliphatic carbocycles. The summed E-state index contributed by atoms with van der Waals surface area (Å²) < 4.78 is 40.8. The number of nitrogens with zero attached hydrogens (tertiary/aromatic N) is 3. The van der Waals surface area contributed by atoms with E-state index in [1.54, 1.807) is 44.6 Å². The monoisotopic (exact) mass is 690 g/mol. The van der Waals surface area contributed by atoms with E-state index in [2.05, 4.69) is 15.3 Å². The number of methoxy groups -OCH3 is 2. The number of anilines is 1. The standard InChI is InChI=1S/C39H35FN4O7/c1-48-28-17-13-26(14-18-28)39(25-11-7-4-8-12-25,27-15-19-29(49-2)20-16-27)50-22-31-33(45)34(46)38(51-31)44-21-30(40)32-35(41-23-42-36(32)44)43-37(47)24-9-5-3-6-10-24/h3-21,23,31,33-34,38,45-46H,22H2,1-2H3,(H,41,42,43,47)/t31-,33-,34-,38-/m1/s1. The minimum Gasteiger partial charge on any atom is -0.497 e. The molecule has 1 aliphatic heterocycles. The number of hydrogen-bond donors (Lipinski definition) is 3. The molecule has 7 rings (SSSR count). The van der Waals surface area contributed by atoms with E-state index in [0.29, 0.717) is 17.1 Å². The van der Waals surface area contributed by atoms with Crippen LogP contribution >= 0.6 is 0 Å². The molecule has 51 heavy (non-hydrogen) atoms. The third-order valence-electron chi connectivity index (χ3n) is 9.08. The van der Waals surface area contributed by atoms with E-state index < -0.39 is 41.9 Å². The largest absolute Gasteiger partial charge is 0.497 e. The zero-order valence-corrected chi connectivity index (χ0v) is 27.7. The smallest absolute Gasteiger partial charge is 0.256 e. The predicted molar refractivity (Wildman–Crippen MR) is 186 cm³/mol. The summed E-state index contributed by atoms with van der Waals surface area (Å²) in [6.45, 7) is -0.184. The summed E-state index contributed by atoms with van der Waals surface area (Å²) >= 11 is 0. The predicted octanol–water partition coefficient (Wildman–Crippen LogP) is 5.47. The number of benzene rings is 4. The molecule has 1 fully saturated rings. The first kappa shape index (κ1) is 33.8. The molecule has 11 nitrogen and oxygen atoms in total. The van der Waals surface area contributed by atoms with Crippen molar-refractivity contribution in [1.29, 1.82) is 0 Å². The van der Waals surface area contributed by atoms with Crippen LogP contribution in [0.15, 0.2) is 122 Å². The third-order valence-corrected chi connectivity index (χ3v) is 9.08. The molecule has 3 heterocycles. The molecule has 3 N–H and O–H groups in total. The van der Waals surface area contributed by atoms with Gasteiger partial charge in [-0.15, -0.1) is 0 Å². The molecule has 0 spiro atoms. The average Bonchev–Trinajstić information content (AvgIpc) is 3.67. The molecule has 4 aromatic carbocycles. The molecule has 1 aliphatic rings. The highest BCUT2D eigenvalue weighted by molar-refractivity contribution is 6.07. The number of aliphatic hydroxyl groups excluding tert-OH is 2. The van der Waals surface area contributed by atoms with Gasteiger partial charge in [-0.3, -0.25) is 4.79 Å². The van der Waals surface area contributed by atoms with Crippen molar-refractivity contribution in [1.82, 2.24) is 14.5 Å². The Labute approximate surface area is 292 Å². The molecule has 0 radical (unpaired) electrons. The van der Waals surface area contributed by atoms with Gasteiger partial charge in [0.25, 0.3) is 5.91 Å². The van der Waals surface area contributed by atoms with Crippen molar-refractivity contribution >= 4 is 22.8 Å². The number of fused-ring (bicyclic) bond motifs is 1. The Morgan fingerprint density at radius 3 is 1.98 bits per heavy atom. The molecule has 0 saturated carbocycles. The number of amides is 1. The van der Waals surface area contributed by atoms with Crippen LogP contribution in [0.25, 0.3) is 11.0 Å². The first-order chi connectivity index (χ1) is 24.8. The zero-order chi connectivity index (χ0) is 35.5. The highest BCUT2D eigenvalue weighted by Gasteiger charge is 2.47. The van der Waals surface area contributed by atoms with Crippen LogP contribution in [0.2, 0.25) is 0 Å². The Bertz CT molecular complexity index is 2060. The van der Waals surface area contributed by atoms with Gasteiger partial charge in [-0.2, -0.15) is 0 Å². The Hall–Kier alpha value is -5.66. The van der Waals surface area contributed by atoms with Crippen molar-refractivity contribution in [3.8, 4) is 11.5 Å². The lowest BCUT2D eigenvalue weighted by atomic mass is 9.80. The number of aliphatic hydroxyl groups is 2. The third kappa shape index (κ3) is 6.30. The van der Waals surface area contributed by atoms with E-state index in [1.165, 1.54) is 10.9 Å². The zero-order valence-electron chi connectivity index (χ0n) is 27.7. The summed E-state index contributed by atoms with van der Waals surface area (Å²) in [7, 11) is 3.18. The maximum Gasteiger partial charge on any atom is 0.256 e. The summed E-state index contributed by atoms with van der Waals surface area (Å²) in [6.07, 6.45) is -2.93. The Kier molecular flexibility index (Phi) is 9.48. The molecule has 2 aromatic heterocycles. The van der Waals surface area contributed by atoms with Gasteiger partial charge in [0.2, 0.25) is 0 Å². The van der Waals surface area contributed by atoms with Gasteiger partial charge in [-0.25, -0.2) is 14.4 Å². The number of aromatic nitrogens is 3. The second kappa shape index (κ2) is 14.3. The molecule has 1 amide bonds. The lowest BCUT2D eigenvalue weighted by Crippen LogP contribution is -2.39. The van der Waals surface area contributed by atoms with Gasteiger partial charge in [-0.1, -0.05) is 72.8 Å². The lowest BCUT2D eigenvalue weighted by molar-refractivity contribution is -0.0941. The first-order valence-corrected chi connectivity index (χ1v) is 16.2. The van der Waals surface area contributed by atoms with Crippen molar-refractivity contribution < 1.29 is 38.3 Å². The maximum atomic E-state index is 15.6. The summed E-state index contributed by atoms with van der Waals surface area (Å²) in [5.74, 6) is 0.0383. The van der Waals surface area contributed by atoms with Crippen LogP contribution in [0, 0.1) is 5.82 Å². The molecule has 0 unspecified atom stereocenters. The molecule has 6 aromatic rings. The second-order valence-corrected chi connectivity index (χ2v) is 12.0. The van der Waals surface area contributed by atoms with Crippen LogP contribution in [0.1, 0.15) is 33.3 Å². The summed E-state index contributed by atoms with van der Waals surface area (Å²) in [6, 6.07) is 33.0. The van der Waals surface area contributed by atoms with E-state index in [4.69, 9.17) is 18.9 Å².